The number of cyclic esters (lactones) is 1. The van der Waals surface area contributed by atoms with E-state index in [0.717, 1.165) is 11.3 Å². The summed E-state index contributed by atoms with van der Waals surface area (Å²) >= 11 is 0. The molecule has 0 aromatic heterocycles. The van der Waals surface area contributed by atoms with Crippen LogP contribution in [0.2, 0.25) is 0 Å². The van der Waals surface area contributed by atoms with E-state index in [1.165, 1.54) is 0 Å². The average Bonchev–Trinajstić information content (AvgIpc) is 2.75. The lowest BCUT2D eigenvalue weighted by molar-refractivity contribution is 0.167. The van der Waals surface area contributed by atoms with E-state index >= 15 is 0 Å². The van der Waals surface area contributed by atoms with Gasteiger partial charge >= 0.3 is 6.09 Å². The van der Waals surface area contributed by atoms with Crippen LogP contribution in [0.25, 0.3) is 0 Å². The molecule has 1 aromatic carbocycles. The molecule has 0 radical (unpaired) electrons. The first-order valence-electron chi connectivity index (χ1n) is 4.47. The summed E-state index contributed by atoms with van der Waals surface area (Å²) in [6.45, 7) is 0.806. The van der Waals surface area contributed by atoms with Gasteiger partial charge < -0.3 is 14.8 Å². The van der Waals surface area contributed by atoms with Crippen LogP contribution < -0.4 is 10.1 Å². The first kappa shape index (κ1) is 7.67. The molecule has 1 saturated heterocycles. The van der Waals surface area contributed by atoms with Crippen molar-refractivity contribution in [1.82, 2.24) is 5.32 Å². The number of rotatable bonds is 0. The number of benzene rings is 1. The number of amides is 1. The Morgan fingerprint density at radius 3 is 2.79 bits per heavy atom. The van der Waals surface area contributed by atoms with E-state index in [9.17, 15) is 4.79 Å². The van der Waals surface area contributed by atoms with Gasteiger partial charge in [0.25, 0.3) is 0 Å². The molecule has 1 aromatic rings. The highest BCUT2D eigenvalue weighted by Gasteiger charge is 2.47. The second kappa shape index (κ2) is 2.41. The van der Waals surface area contributed by atoms with Gasteiger partial charge in [-0.15, -0.1) is 0 Å². The van der Waals surface area contributed by atoms with Gasteiger partial charge in [0.05, 0.1) is 0 Å². The molecule has 1 fully saturated rings. The standard InChI is InChI=1S/C10H9NO3/c12-9-11-10(6-14-9)5-13-8-4-2-1-3-7(8)10/h1-4H,5-6H2,(H,11,12). The highest BCUT2D eigenvalue weighted by Crippen LogP contribution is 2.38. The summed E-state index contributed by atoms with van der Waals surface area (Å²) in [6, 6.07) is 7.70. The van der Waals surface area contributed by atoms with Gasteiger partial charge in [0.15, 0.2) is 0 Å². The first-order valence-corrected chi connectivity index (χ1v) is 4.47. The molecule has 4 heteroatoms. The molecular formula is C10H9NO3. The fourth-order valence-electron chi connectivity index (χ4n) is 1.95. The van der Waals surface area contributed by atoms with E-state index in [2.05, 4.69) is 5.32 Å². The SMILES string of the molecule is O=C1NC2(CO1)COc1ccccc12. The molecule has 4 nitrogen and oxygen atoms in total. The Labute approximate surface area is 80.8 Å². The van der Waals surface area contributed by atoms with Gasteiger partial charge in [0.1, 0.15) is 24.5 Å². The molecule has 0 saturated carbocycles. The summed E-state index contributed by atoms with van der Waals surface area (Å²) < 4.78 is 10.4. The molecule has 72 valence electrons. The number of alkyl carbamates (subject to hydrolysis) is 1. The van der Waals surface area contributed by atoms with Crippen molar-refractivity contribution in [3.8, 4) is 5.75 Å². The van der Waals surface area contributed by atoms with Gasteiger partial charge in [-0.05, 0) is 6.07 Å². The molecule has 0 bridgehead atoms. The fraction of sp³-hybridized carbons (Fsp3) is 0.300. The summed E-state index contributed by atoms with van der Waals surface area (Å²) in [4.78, 5) is 11.0. The zero-order chi connectivity index (χ0) is 9.60. The maximum absolute atomic E-state index is 11.0. The van der Waals surface area contributed by atoms with Crippen molar-refractivity contribution in [2.75, 3.05) is 13.2 Å². The monoisotopic (exact) mass is 191 g/mol. The first-order chi connectivity index (χ1) is 6.80. The Kier molecular flexibility index (Phi) is 1.32. The van der Waals surface area contributed by atoms with Crippen molar-refractivity contribution in [2.24, 2.45) is 0 Å². The van der Waals surface area contributed by atoms with Crippen molar-refractivity contribution in [1.29, 1.82) is 0 Å². The zero-order valence-corrected chi connectivity index (χ0v) is 7.45. The molecule has 1 atom stereocenters. The lowest BCUT2D eigenvalue weighted by atomic mass is 9.94. The number of carbonyl (C=O) groups excluding carboxylic acids is 1. The van der Waals surface area contributed by atoms with Crippen molar-refractivity contribution < 1.29 is 14.3 Å². The summed E-state index contributed by atoms with van der Waals surface area (Å²) in [5.74, 6) is 0.832. The Balaban J connectivity index is 2.09. The minimum Gasteiger partial charge on any atom is -0.490 e. The number of nitrogens with one attached hydrogen (secondary N) is 1. The maximum Gasteiger partial charge on any atom is 0.408 e. The highest BCUT2D eigenvalue weighted by molar-refractivity contribution is 5.72. The topological polar surface area (TPSA) is 47.6 Å². The van der Waals surface area contributed by atoms with E-state index in [4.69, 9.17) is 9.47 Å². The minimum atomic E-state index is -0.451. The number of para-hydroxylation sites is 1. The number of fused-ring (bicyclic) bond motifs is 2. The van der Waals surface area contributed by atoms with E-state index < -0.39 is 5.54 Å². The van der Waals surface area contributed by atoms with Gasteiger partial charge in [-0.25, -0.2) is 4.79 Å². The Hall–Kier alpha value is -1.71. The molecule has 0 aliphatic carbocycles. The molecule has 2 heterocycles. The summed E-state index contributed by atoms with van der Waals surface area (Å²) in [6.07, 6.45) is -0.370. The van der Waals surface area contributed by atoms with Gasteiger partial charge in [-0.2, -0.15) is 0 Å². The van der Waals surface area contributed by atoms with Crippen LogP contribution in [0.1, 0.15) is 5.56 Å². The summed E-state index contributed by atoms with van der Waals surface area (Å²) in [7, 11) is 0. The Morgan fingerprint density at radius 1 is 1.21 bits per heavy atom. The van der Waals surface area contributed by atoms with Crippen molar-refractivity contribution in [3.05, 3.63) is 29.8 Å². The fourth-order valence-corrected chi connectivity index (χ4v) is 1.95. The number of ether oxygens (including phenoxy) is 2. The largest absolute Gasteiger partial charge is 0.490 e. The molecular weight excluding hydrogens is 182 g/mol. The zero-order valence-electron chi connectivity index (χ0n) is 7.45. The van der Waals surface area contributed by atoms with Crippen molar-refractivity contribution in [3.63, 3.8) is 0 Å². The molecule has 1 spiro atoms. The Bertz CT molecular complexity index is 404. The predicted octanol–water partition coefficient (Wildman–Crippen LogP) is 1.01. The van der Waals surface area contributed by atoms with E-state index in [1.54, 1.807) is 0 Å². The predicted molar refractivity (Wildman–Crippen MR) is 48.1 cm³/mol. The minimum absolute atomic E-state index is 0.350. The smallest absolute Gasteiger partial charge is 0.408 e. The molecule has 2 aliphatic heterocycles. The van der Waals surface area contributed by atoms with Crippen LogP contribution in [0.4, 0.5) is 4.79 Å². The van der Waals surface area contributed by atoms with Crippen molar-refractivity contribution in [2.45, 2.75) is 5.54 Å². The lowest BCUT2D eigenvalue weighted by Crippen LogP contribution is -2.41. The van der Waals surface area contributed by atoms with Gasteiger partial charge in [0.2, 0.25) is 0 Å². The van der Waals surface area contributed by atoms with Crippen molar-refractivity contribution >= 4 is 6.09 Å². The quantitative estimate of drug-likeness (QED) is 0.665. The van der Waals surface area contributed by atoms with E-state index in [-0.39, 0.29) is 6.09 Å². The molecule has 1 amide bonds. The normalized spacial score (nSPS) is 28.1. The second-order valence-electron chi connectivity index (χ2n) is 3.57. The van der Waals surface area contributed by atoms with Crippen LogP contribution in [0, 0.1) is 0 Å². The van der Waals surface area contributed by atoms with Crippen LogP contribution in [0.5, 0.6) is 5.75 Å². The number of hydrogen-bond donors (Lipinski definition) is 1. The Morgan fingerprint density at radius 2 is 2.00 bits per heavy atom. The van der Waals surface area contributed by atoms with Gasteiger partial charge in [-0.3, -0.25) is 0 Å². The summed E-state index contributed by atoms with van der Waals surface area (Å²) in [5.41, 5.74) is 0.555. The van der Waals surface area contributed by atoms with E-state index in [0.29, 0.717) is 13.2 Å². The third-order valence-electron chi connectivity index (χ3n) is 2.67. The van der Waals surface area contributed by atoms with Crippen LogP contribution in [0.3, 0.4) is 0 Å². The molecule has 3 rings (SSSR count). The maximum atomic E-state index is 11.0. The third-order valence-corrected chi connectivity index (χ3v) is 2.67. The summed E-state index contributed by atoms with van der Waals surface area (Å²) in [5, 5.41) is 2.80. The van der Waals surface area contributed by atoms with Gasteiger partial charge in [-0.1, -0.05) is 18.2 Å². The molecule has 14 heavy (non-hydrogen) atoms. The highest BCUT2D eigenvalue weighted by atomic mass is 16.6. The van der Waals surface area contributed by atoms with Crippen LogP contribution in [-0.2, 0) is 10.3 Å². The van der Waals surface area contributed by atoms with E-state index in [1.807, 2.05) is 24.3 Å². The van der Waals surface area contributed by atoms with Crippen LogP contribution in [0.15, 0.2) is 24.3 Å². The molecule has 1 N–H and O–H groups in total. The lowest BCUT2D eigenvalue weighted by Gasteiger charge is -2.17. The average molecular weight is 191 g/mol. The third kappa shape index (κ3) is 0.852. The molecule has 2 aliphatic rings. The van der Waals surface area contributed by atoms with Crippen LogP contribution >= 0.6 is 0 Å². The van der Waals surface area contributed by atoms with Crippen LogP contribution in [-0.4, -0.2) is 19.3 Å². The number of hydrogen-bond acceptors (Lipinski definition) is 3. The second-order valence-corrected chi connectivity index (χ2v) is 3.57. The number of carbonyl (C=O) groups is 1. The molecule has 1 unspecified atom stereocenters. The van der Waals surface area contributed by atoms with Gasteiger partial charge in [0, 0.05) is 5.56 Å².